The molecule has 0 radical (unpaired) electrons. The Balaban J connectivity index is 3.34. The van der Waals surface area contributed by atoms with Gasteiger partial charge in [-0.1, -0.05) is 6.07 Å². The molecule has 0 aromatic heterocycles. The Labute approximate surface area is 131 Å². The Kier molecular flexibility index (Phi) is 5.06. The number of carbonyl (C=O) groups excluding carboxylic acids is 1. The number of esters is 1. The van der Waals surface area contributed by atoms with E-state index in [1.807, 2.05) is 0 Å². The lowest BCUT2D eigenvalue weighted by Crippen LogP contribution is -2.57. The summed E-state index contributed by atoms with van der Waals surface area (Å²) in [5.41, 5.74) is -1.88. The van der Waals surface area contributed by atoms with Crippen LogP contribution in [0.4, 0.5) is 0 Å². The van der Waals surface area contributed by atoms with Gasteiger partial charge in [-0.25, -0.2) is 17.9 Å². The second-order valence-electron chi connectivity index (χ2n) is 6.21. The van der Waals surface area contributed by atoms with E-state index in [2.05, 4.69) is 9.46 Å². The fourth-order valence-corrected chi connectivity index (χ4v) is 3.55. The molecule has 1 aromatic carbocycles. The highest BCUT2D eigenvalue weighted by atomic mass is 32.2. The van der Waals surface area contributed by atoms with Crippen LogP contribution in [0.15, 0.2) is 23.1 Å². The lowest BCUT2D eigenvalue weighted by Gasteiger charge is -2.37. The molecule has 0 aliphatic heterocycles. The molecule has 22 heavy (non-hydrogen) atoms. The highest BCUT2D eigenvalue weighted by molar-refractivity contribution is 7.89. The average Bonchev–Trinajstić information content (AvgIpc) is 2.35. The summed E-state index contributed by atoms with van der Waals surface area (Å²) in [4.78, 5) is 11.7. The van der Waals surface area contributed by atoms with Crippen molar-refractivity contribution in [2.24, 2.45) is 0 Å². The molecule has 124 valence electrons. The highest BCUT2D eigenvalue weighted by Crippen LogP contribution is 2.26. The lowest BCUT2D eigenvalue weighted by molar-refractivity contribution is 0.00637. The van der Waals surface area contributed by atoms with Crippen molar-refractivity contribution in [1.29, 1.82) is 0 Å². The summed E-state index contributed by atoms with van der Waals surface area (Å²) in [6, 6.07) is 4.39. The fourth-order valence-electron chi connectivity index (χ4n) is 1.75. The van der Waals surface area contributed by atoms with Gasteiger partial charge >= 0.3 is 5.97 Å². The van der Waals surface area contributed by atoms with Gasteiger partial charge in [-0.15, -0.1) is 0 Å². The molecule has 0 atom stereocenters. The van der Waals surface area contributed by atoms with Gasteiger partial charge < -0.3 is 9.84 Å². The molecule has 0 bridgehead atoms. The minimum absolute atomic E-state index is 0.0206. The van der Waals surface area contributed by atoms with Crippen molar-refractivity contribution in [2.75, 3.05) is 7.11 Å². The molecule has 0 unspecified atom stereocenters. The number of aliphatic hydroxyl groups is 1. The molecule has 0 amide bonds. The highest BCUT2D eigenvalue weighted by Gasteiger charge is 2.39. The van der Waals surface area contributed by atoms with Gasteiger partial charge in [0.1, 0.15) is 0 Å². The number of hydrogen-bond acceptors (Lipinski definition) is 5. The lowest BCUT2D eigenvalue weighted by atomic mass is 9.87. The second-order valence-corrected chi connectivity index (χ2v) is 7.86. The standard InChI is InChI=1S/C15H23NO5S/c1-10-11(13(17)21-6)8-7-9-12(10)22(19,20)16-14(2,3)15(4,5)18/h7-9,16,18H,1-6H3. The Morgan fingerprint density at radius 2 is 1.77 bits per heavy atom. The Morgan fingerprint density at radius 1 is 1.23 bits per heavy atom. The average molecular weight is 329 g/mol. The minimum atomic E-state index is -3.91. The van der Waals surface area contributed by atoms with Gasteiger partial charge in [-0.2, -0.15) is 0 Å². The Hall–Kier alpha value is -1.44. The van der Waals surface area contributed by atoms with Crippen molar-refractivity contribution in [1.82, 2.24) is 4.72 Å². The van der Waals surface area contributed by atoms with Gasteiger partial charge in [0.15, 0.2) is 0 Å². The van der Waals surface area contributed by atoms with E-state index in [4.69, 9.17) is 0 Å². The Bertz CT molecular complexity index is 672. The van der Waals surface area contributed by atoms with E-state index in [0.717, 1.165) is 0 Å². The molecular weight excluding hydrogens is 306 g/mol. The maximum absolute atomic E-state index is 12.6. The maximum atomic E-state index is 12.6. The molecular formula is C15H23NO5S. The van der Waals surface area contributed by atoms with Crippen LogP contribution in [0.25, 0.3) is 0 Å². The monoisotopic (exact) mass is 329 g/mol. The van der Waals surface area contributed by atoms with Crippen molar-refractivity contribution in [3.63, 3.8) is 0 Å². The first-order valence-corrected chi connectivity index (χ1v) is 8.26. The first-order chi connectivity index (χ1) is 9.83. The van der Waals surface area contributed by atoms with E-state index >= 15 is 0 Å². The van der Waals surface area contributed by atoms with Crippen molar-refractivity contribution in [3.8, 4) is 0 Å². The molecule has 0 heterocycles. The molecule has 0 spiro atoms. The third kappa shape index (κ3) is 3.66. The summed E-state index contributed by atoms with van der Waals surface area (Å²) in [6.45, 7) is 7.76. The summed E-state index contributed by atoms with van der Waals surface area (Å²) in [7, 11) is -2.68. The molecule has 2 N–H and O–H groups in total. The van der Waals surface area contributed by atoms with Gasteiger partial charge in [0.2, 0.25) is 10.0 Å². The fraction of sp³-hybridized carbons (Fsp3) is 0.533. The van der Waals surface area contributed by atoms with Crippen molar-refractivity contribution in [2.45, 2.75) is 50.7 Å². The number of nitrogens with one attached hydrogen (secondary N) is 1. The number of sulfonamides is 1. The molecule has 0 saturated carbocycles. The van der Waals surface area contributed by atoms with Crippen LogP contribution < -0.4 is 4.72 Å². The number of rotatable bonds is 5. The van der Waals surface area contributed by atoms with E-state index in [1.165, 1.54) is 46.1 Å². The first kappa shape index (κ1) is 18.6. The summed E-state index contributed by atoms with van der Waals surface area (Å²) in [6.07, 6.45) is 0. The van der Waals surface area contributed by atoms with Crippen LogP contribution in [0.5, 0.6) is 0 Å². The van der Waals surface area contributed by atoms with E-state index in [9.17, 15) is 18.3 Å². The summed E-state index contributed by atoms with van der Waals surface area (Å²) < 4.78 is 32.3. The van der Waals surface area contributed by atoms with Crippen LogP contribution in [0.1, 0.15) is 43.6 Å². The molecule has 0 aliphatic rings. The van der Waals surface area contributed by atoms with Gasteiger partial charge in [-0.05, 0) is 52.3 Å². The summed E-state index contributed by atoms with van der Waals surface area (Å²) in [5.74, 6) is -0.601. The van der Waals surface area contributed by atoms with Gasteiger partial charge in [0.25, 0.3) is 0 Å². The van der Waals surface area contributed by atoms with Crippen LogP contribution in [-0.2, 0) is 14.8 Å². The van der Waals surface area contributed by atoms with E-state index in [0.29, 0.717) is 5.56 Å². The van der Waals surface area contributed by atoms with Crippen LogP contribution >= 0.6 is 0 Å². The first-order valence-electron chi connectivity index (χ1n) is 6.78. The zero-order valence-electron chi connectivity index (χ0n) is 13.7. The smallest absolute Gasteiger partial charge is 0.338 e. The van der Waals surface area contributed by atoms with Crippen LogP contribution in [0.2, 0.25) is 0 Å². The quantitative estimate of drug-likeness (QED) is 0.801. The van der Waals surface area contributed by atoms with Crippen molar-refractivity contribution < 1.29 is 23.1 Å². The zero-order chi connectivity index (χ0) is 17.3. The SMILES string of the molecule is COC(=O)c1cccc(S(=O)(=O)NC(C)(C)C(C)(C)O)c1C. The molecule has 7 heteroatoms. The molecule has 0 aliphatic carbocycles. The molecule has 1 aromatic rings. The normalized spacial score (nSPS) is 13.0. The van der Waals surface area contributed by atoms with Crippen molar-refractivity contribution >= 4 is 16.0 Å². The van der Waals surface area contributed by atoms with Gasteiger partial charge in [-0.3, -0.25) is 0 Å². The number of ether oxygens (including phenoxy) is 1. The van der Waals surface area contributed by atoms with Crippen LogP contribution in [-0.4, -0.2) is 37.7 Å². The topological polar surface area (TPSA) is 92.7 Å². The molecule has 0 saturated heterocycles. The second kappa shape index (κ2) is 5.98. The van der Waals surface area contributed by atoms with Crippen LogP contribution in [0.3, 0.4) is 0 Å². The molecule has 0 fully saturated rings. The largest absolute Gasteiger partial charge is 0.465 e. The third-order valence-corrected chi connectivity index (χ3v) is 5.70. The van der Waals surface area contributed by atoms with Crippen LogP contribution in [0, 0.1) is 6.92 Å². The van der Waals surface area contributed by atoms with E-state index < -0.39 is 27.1 Å². The maximum Gasteiger partial charge on any atom is 0.338 e. The predicted octanol–water partition coefficient (Wildman–Crippen LogP) is 1.61. The summed E-state index contributed by atoms with van der Waals surface area (Å²) >= 11 is 0. The van der Waals surface area contributed by atoms with Gasteiger partial charge in [0, 0.05) is 0 Å². The van der Waals surface area contributed by atoms with E-state index in [1.54, 1.807) is 13.8 Å². The minimum Gasteiger partial charge on any atom is -0.465 e. The number of hydrogen-bond donors (Lipinski definition) is 2. The predicted molar refractivity (Wildman–Crippen MR) is 83.2 cm³/mol. The third-order valence-electron chi connectivity index (χ3n) is 3.90. The number of methoxy groups -OCH3 is 1. The van der Waals surface area contributed by atoms with E-state index in [-0.39, 0.29) is 10.5 Å². The molecule has 1 rings (SSSR count). The van der Waals surface area contributed by atoms with Crippen molar-refractivity contribution in [3.05, 3.63) is 29.3 Å². The molecule has 6 nitrogen and oxygen atoms in total. The number of benzene rings is 1. The van der Waals surface area contributed by atoms with Gasteiger partial charge in [0.05, 0.1) is 28.7 Å². The zero-order valence-corrected chi connectivity index (χ0v) is 14.5. The summed E-state index contributed by atoms with van der Waals surface area (Å²) in [5, 5.41) is 10.1. The Morgan fingerprint density at radius 3 is 2.23 bits per heavy atom. The number of carbonyl (C=O) groups is 1.